The van der Waals surface area contributed by atoms with E-state index in [9.17, 15) is 0 Å². The van der Waals surface area contributed by atoms with Crippen LogP contribution < -0.4 is 16.0 Å². The van der Waals surface area contributed by atoms with Crippen LogP contribution in [0.4, 0.5) is 17.3 Å². The Kier molecular flexibility index (Phi) is 18.4. The molecule has 276 valence electrons. The normalized spacial score (nSPS) is 10.6. The molecule has 0 amide bonds. The van der Waals surface area contributed by atoms with Crippen molar-refractivity contribution in [3.63, 3.8) is 0 Å². The highest BCUT2D eigenvalue weighted by molar-refractivity contribution is 5.80. The molecule has 0 fully saturated rings. The first-order valence-corrected chi connectivity index (χ1v) is 18.1. The second-order valence-electron chi connectivity index (χ2n) is 13.9. The van der Waals surface area contributed by atoms with Crippen LogP contribution in [0.2, 0.25) is 0 Å². The topological polar surface area (TPSA) is 113 Å². The van der Waals surface area contributed by atoms with Gasteiger partial charge in [0, 0.05) is 58.2 Å². The molecule has 0 radical (unpaired) electrons. The molecule has 0 aliphatic carbocycles. The largest absolute Gasteiger partial charge is 0.379 e. The standard InChI is InChI=1S/3C12H15N3.3C2H6/c1-12(2,3)15-10-7-6-9-5-4-8-13-11(9)14-10;1-12(2,3)15-9-7-11-10(14-8-9)5-4-6-13-11;1-12(2,3)15-11-7-10-9(8-14-11)5-4-6-13-10;3*1-2/h4-8H,1-3H3,(H,13,14,15);4-8,15H,1-3H3;4-8H,1-3H3,(H,14,15);3*1-2H3. The second-order valence-corrected chi connectivity index (χ2v) is 13.9. The van der Waals surface area contributed by atoms with Gasteiger partial charge in [-0.05, 0) is 117 Å². The van der Waals surface area contributed by atoms with Gasteiger partial charge in [0.1, 0.15) is 11.6 Å². The van der Waals surface area contributed by atoms with Gasteiger partial charge in [0.2, 0.25) is 0 Å². The van der Waals surface area contributed by atoms with Gasteiger partial charge in [-0.3, -0.25) is 15.0 Å². The van der Waals surface area contributed by atoms with Crippen LogP contribution in [0, 0.1) is 0 Å². The van der Waals surface area contributed by atoms with Crippen molar-refractivity contribution in [2.24, 2.45) is 0 Å². The van der Waals surface area contributed by atoms with Crippen molar-refractivity contribution in [2.45, 2.75) is 120 Å². The third-order valence-electron chi connectivity index (χ3n) is 5.93. The molecule has 0 bridgehead atoms. The van der Waals surface area contributed by atoms with Crippen molar-refractivity contribution in [1.82, 2.24) is 29.9 Å². The average molecular weight is 694 g/mol. The summed E-state index contributed by atoms with van der Waals surface area (Å²) in [4.78, 5) is 25.9. The Hall–Kier alpha value is -4.92. The van der Waals surface area contributed by atoms with E-state index >= 15 is 0 Å². The first-order valence-electron chi connectivity index (χ1n) is 18.1. The van der Waals surface area contributed by atoms with E-state index in [4.69, 9.17) is 0 Å². The molecule has 0 saturated carbocycles. The second kappa shape index (κ2) is 21.3. The smallest absolute Gasteiger partial charge is 0.161 e. The number of fused-ring (bicyclic) bond motifs is 3. The lowest BCUT2D eigenvalue weighted by Gasteiger charge is -2.21. The first kappa shape index (κ1) is 44.1. The minimum Gasteiger partial charge on any atom is -0.379 e. The molecule has 0 atom stereocenters. The van der Waals surface area contributed by atoms with E-state index in [0.717, 1.165) is 50.3 Å². The summed E-state index contributed by atoms with van der Waals surface area (Å²) in [6, 6.07) is 19.7. The van der Waals surface area contributed by atoms with Gasteiger partial charge in [-0.25, -0.2) is 15.0 Å². The van der Waals surface area contributed by atoms with Gasteiger partial charge in [-0.15, -0.1) is 0 Å². The summed E-state index contributed by atoms with van der Waals surface area (Å²) in [6.07, 6.45) is 9.02. The summed E-state index contributed by atoms with van der Waals surface area (Å²) in [5.41, 5.74) is 4.71. The molecule has 6 rings (SSSR count). The predicted octanol–water partition coefficient (Wildman–Crippen LogP) is 11.6. The van der Waals surface area contributed by atoms with E-state index in [2.05, 4.69) is 108 Å². The quantitative estimate of drug-likeness (QED) is 0.167. The number of aromatic nitrogens is 6. The Morgan fingerprint density at radius 1 is 0.431 bits per heavy atom. The first-order chi connectivity index (χ1) is 24.1. The Morgan fingerprint density at radius 3 is 1.57 bits per heavy atom. The monoisotopic (exact) mass is 694 g/mol. The summed E-state index contributed by atoms with van der Waals surface area (Å²) in [6.45, 7) is 31.0. The minimum absolute atomic E-state index is 0.0233. The van der Waals surface area contributed by atoms with E-state index in [0.29, 0.717) is 0 Å². The van der Waals surface area contributed by atoms with Crippen LogP contribution in [0.15, 0.2) is 91.6 Å². The Bertz CT molecular complexity index is 1630. The predicted molar refractivity (Wildman–Crippen MR) is 223 cm³/mol. The van der Waals surface area contributed by atoms with Crippen molar-refractivity contribution in [1.29, 1.82) is 0 Å². The lowest BCUT2D eigenvalue weighted by atomic mass is 10.1. The van der Waals surface area contributed by atoms with Crippen LogP contribution in [0.25, 0.3) is 33.0 Å². The number of hydrogen-bond acceptors (Lipinski definition) is 9. The number of rotatable bonds is 3. The summed E-state index contributed by atoms with van der Waals surface area (Å²) in [5.74, 6) is 1.74. The number of pyridine rings is 6. The van der Waals surface area contributed by atoms with E-state index in [1.807, 2.05) is 115 Å². The zero-order valence-electron chi connectivity index (χ0n) is 33.8. The zero-order valence-corrected chi connectivity index (χ0v) is 33.8. The maximum atomic E-state index is 4.44. The fourth-order valence-electron chi connectivity index (χ4n) is 4.28. The third kappa shape index (κ3) is 17.0. The fourth-order valence-corrected chi connectivity index (χ4v) is 4.28. The van der Waals surface area contributed by atoms with Crippen molar-refractivity contribution < 1.29 is 0 Å². The molecule has 0 unspecified atom stereocenters. The third-order valence-corrected chi connectivity index (χ3v) is 5.93. The molecule has 0 spiro atoms. The molecule has 0 aliphatic heterocycles. The summed E-state index contributed by atoms with van der Waals surface area (Å²) < 4.78 is 0. The van der Waals surface area contributed by atoms with E-state index in [1.165, 1.54) is 0 Å². The molecule has 3 N–H and O–H groups in total. The molecule has 6 heterocycles. The molecular weight excluding hydrogens is 631 g/mol. The van der Waals surface area contributed by atoms with Gasteiger partial charge >= 0.3 is 0 Å². The minimum atomic E-state index is 0.0233. The highest BCUT2D eigenvalue weighted by Gasteiger charge is 2.12. The highest BCUT2D eigenvalue weighted by atomic mass is 15.1. The van der Waals surface area contributed by atoms with Crippen LogP contribution in [-0.2, 0) is 0 Å². The molecule has 51 heavy (non-hydrogen) atoms. The van der Waals surface area contributed by atoms with E-state index in [1.54, 1.807) is 18.6 Å². The molecule has 9 heteroatoms. The maximum Gasteiger partial charge on any atom is 0.161 e. The summed E-state index contributed by atoms with van der Waals surface area (Å²) in [7, 11) is 0. The average Bonchev–Trinajstić information content (AvgIpc) is 3.09. The van der Waals surface area contributed by atoms with Gasteiger partial charge in [0.15, 0.2) is 5.65 Å². The number of nitrogens with zero attached hydrogens (tertiary/aromatic N) is 6. The lowest BCUT2D eigenvalue weighted by Crippen LogP contribution is -2.26. The molecule has 9 nitrogen and oxygen atoms in total. The zero-order chi connectivity index (χ0) is 38.7. The molecular formula is C42H63N9. The SMILES string of the molecule is CC.CC.CC.CC(C)(C)Nc1cc2ncccc2cn1.CC(C)(C)Nc1ccc2cccnc2n1.CC(C)(C)Nc1cnc2cccnc2c1. The van der Waals surface area contributed by atoms with Crippen molar-refractivity contribution in [2.75, 3.05) is 16.0 Å². The molecule has 0 aliphatic rings. The van der Waals surface area contributed by atoms with Crippen molar-refractivity contribution in [3.05, 3.63) is 91.6 Å². The van der Waals surface area contributed by atoms with Gasteiger partial charge in [0.05, 0.1) is 28.4 Å². The Morgan fingerprint density at radius 2 is 0.961 bits per heavy atom. The number of hydrogen-bond donors (Lipinski definition) is 3. The van der Waals surface area contributed by atoms with Gasteiger partial charge in [0.25, 0.3) is 0 Å². The lowest BCUT2D eigenvalue weighted by molar-refractivity contribution is 0.630. The van der Waals surface area contributed by atoms with E-state index in [-0.39, 0.29) is 16.6 Å². The van der Waals surface area contributed by atoms with Gasteiger partial charge < -0.3 is 16.0 Å². The number of nitrogens with one attached hydrogen (secondary N) is 3. The van der Waals surface area contributed by atoms with Gasteiger partial charge in [-0.2, -0.15) is 0 Å². The summed E-state index contributed by atoms with van der Waals surface area (Å²) >= 11 is 0. The molecule has 6 aromatic heterocycles. The molecule has 6 aromatic rings. The fraction of sp³-hybridized carbons (Fsp3) is 0.429. The number of anilines is 3. The molecule has 0 aromatic carbocycles. The highest BCUT2D eigenvalue weighted by Crippen LogP contribution is 2.19. The van der Waals surface area contributed by atoms with Crippen LogP contribution in [-0.4, -0.2) is 46.5 Å². The van der Waals surface area contributed by atoms with Crippen LogP contribution in [0.5, 0.6) is 0 Å². The van der Waals surface area contributed by atoms with Crippen LogP contribution >= 0.6 is 0 Å². The Balaban J connectivity index is 0.000000356. The maximum absolute atomic E-state index is 4.44. The van der Waals surface area contributed by atoms with E-state index < -0.39 is 0 Å². The van der Waals surface area contributed by atoms with Crippen LogP contribution in [0.3, 0.4) is 0 Å². The van der Waals surface area contributed by atoms with Crippen LogP contribution in [0.1, 0.15) is 104 Å². The molecule has 0 saturated heterocycles. The van der Waals surface area contributed by atoms with Crippen molar-refractivity contribution in [3.8, 4) is 0 Å². The summed E-state index contributed by atoms with van der Waals surface area (Å²) in [5, 5.41) is 12.1. The Labute approximate surface area is 307 Å². The van der Waals surface area contributed by atoms with Gasteiger partial charge in [-0.1, -0.05) is 41.5 Å². The van der Waals surface area contributed by atoms with Crippen molar-refractivity contribution >= 4 is 50.3 Å².